The highest BCUT2D eigenvalue weighted by Crippen LogP contribution is 2.26. The van der Waals surface area contributed by atoms with Crippen molar-refractivity contribution in [3.8, 4) is 0 Å². The minimum absolute atomic E-state index is 0.106. The van der Waals surface area contributed by atoms with Gasteiger partial charge in [0, 0.05) is 18.2 Å². The van der Waals surface area contributed by atoms with Crippen LogP contribution in [0.3, 0.4) is 0 Å². The topological polar surface area (TPSA) is 71.5 Å². The zero-order valence-electron chi connectivity index (χ0n) is 12.5. The van der Waals surface area contributed by atoms with Gasteiger partial charge in [0.2, 0.25) is 0 Å². The zero-order valence-corrected chi connectivity index (χ0v) is 12.5. The smallest absolute Gasteiger partial charge is 0.341 e. The number of nitrogens with one attached hydrogen (secondary N) is 1. The van der Waals surface area contributed by atoms with E-state index in [1.54, 1.807) is 25.3 Å². The van der Waals surface area contributed by atoms with E-state index < -0.39 is 0 Å². The van der Waals surface area contributed by atoms with Gasteiger partial charge in [0.25, 0.3) is 0 Å². The number of pyridine rings is 1. The van der Waals surface area contributed by atoms with Gasteiger partial charge in [0.15, 0.2) is 0 Å². The average molecular weight is 280 g/mol. The zero-order chi connectivity index (χ0) is 15.0. The second-order valence-corrected chi connectivity index (χ2v) is 4.84. The molecule has 1 aromatic rings. The summed E-state index contributed by atoms with van der Waals surface area (Å²) in [6, 6.07) is 3.39. The number of anilines is 1. The molecule has 1 aromatic heterocycles. The number of carbonyl (C=O) groups excluding carboxylic acids is 1. The Morgan fingerprint density at radius 3 is 2.65 bits per heavy atom. The highest BCUT2D eigenvalue weighted by Gasteiger charge is 2.26. The maximum Gasteiger partial charge on any atom is 0.341 e. The van der Waals surface area contributed by atoms with Crippen molar-refractivity contribution in [3.05, 3.63) is 23.9 Å². The van der Waals surface area contributed by atoms with Crippen molar-refractivity contribution in [1.82, 2.24) is 4.98 Å². The molecule has 0 amide bonds. The van der Waals surface area contributed by atoms with E-state index in [1.807, 2.05) is 13.8 Å². The molecule has 0 fully saturated rings. The monoisotopic (exact) mass is 280 g/mol. The molecular formula is C15H24N2O3. The van der Waals surface area contributed by atoms with E-state index in [1.165, 1.54) is 0 Å². The molecule has 1 heterocycles. The molecule has 0 aliphatic heterocycles. The fourth-order valence-electron chi connectivity index (χ4n) is 1.97. The largest absolute Gasteiger partial charge is 0.462 e. The highest BCUT2D eigenvalue weighted by molar-refractivity contribution is 5.94. The van der Waals surface area contributed by atoms with Crippen LogP contribution >= 0.6 is 0 Å². The summed E-state index contributed by atoms with van der Waals surface area (Å²) in [4.78, 5) is 16.0. The predicted molar refractivity (Wildman–Crippen MR) is 78.8 cm³/mol. The Hall–Kier alpha value is -1.62. The normalized spacial score (nSPS) is 11.2. The van der Waals surface area contributed by atoms with Crippen molar-refractivity contribution in [3.63, 3.8) is 0 Å². The van der Waals surface area contributed by atoms with Gasteiger partial charge in [-0.25, -0.2) is 9.78 Å². The third kappa shape index (κ3) is 3.93. The fraction of sp³-hybridized carbons (Fsp3) is 0.600. The van der Waals surface area contributed by atoms with E-state index in [9.17, 15) is 9.90 Å². The van der Waals surface area contributed by atoms with E-state index in [-0.39, 0.29) is 18.0 Å². The Balaban J connectivity index is 2.85. The molecule has 5 nitrogen and oxygen atoms in total. The summed E-state index contributed by atoms with van der Waals surface area (Å²) in [6.07, 6.45) is 3.34. The molecule has 0 atom stereocenters. The van der Waals surface area contributed by atoms with Gasteiger partial charge < -0.3 is 15.2 Å². The summed E-state index contributed by atoms with van der Waals surface area (Å²) < 4.78 is 5.01. The van der Waals surface area contributed by atoms with Crippen molar-refractivity contribution in [2.75, 3.05) is 25.1 Å². The first-order valence-corrected chi connectivity index (χ1v) is 7.09. The van der Waals surface area contributed by atoms with Gasteiger partial charge in [-0.3, -0.25) is 0 Å². The van der Waals surface area contributed by atoms with Crippen molar-refractivity contribution >= 4 is 11.8 Å². The van der Waals surface area contributed by atoms with Gasteiger partial charge >= 0.3 is 5.97 Å². The lowest BCUT2D eigenvalue weighted by atomic mass is 9.83. The fourth-order valence-corrected chi connectivity index (χ4v) is 1.97. The number of aromatic nitrogens is 1. The quantitative estimate of drug-likeness (QED) is 0.716. The molecule has 2 N–H and O–H groups in total. The van der Waals surface area contributed by atoms with Crippen LogP contribution in [-0.4, -0.2) is 35.8 Å². The summed E-state index contributed by atoms with van der Waals surface area (Å²) in [5, 5.41) is 12.7. The maximum atomic E-state index is 11.8. The molecule has 0 unspecified atom stereocenters. The molecule has 1 rings (SSSR count). The van der Waals surface area contributed by atoms with E-state index in [2.05, 4.69) is 10.3 Å². The van der Waals surface area contributed by atoms with Crippen LogP contribution < -0.4 is 5.32 Å². The molecule has 0 aliphatic carbocycles. The third-order valence-corrected chi connectivity index (χ3v) is 3.77. The molecule has 0 radical (unpaired) electrons. The molecule has 112 valence electrons. The molecule has 0 aliphatic rings. The predicted octanol–water partition coefficient (Wildman–Crippen LogP) is 2.47. The number of aliphatic hydroxyl groups is 1. The minimum Gasteiger partial charge on any atom is -0.462 e. The van der Waals surface area contributed by atoms with Crippen LogP contribution in [-0.2, 0) is 4.74 Å². The van der Waals surface area contributed by atoms with Crippen molar-refractivity contribution in [1.29, 1.82) is 0 Å². The lowest BCUT2D eigenvalue weighted by molar-refractivity contribution is 0.0527. The number of esters is 1. The van der Waals surface area contributed by atoms with Gasteiger partial charge in [-0.2, -0.15) is 0 Å². The summed E-state index contributed by atoms with van der Waals surface area (Å²) in [6.45, 7) is 6.87. The summed E-state index contributed by atoms with van der Waals surface area (Å²) in [7, 11) is 0. The Labute approximate surface area is 120 Å². The first-order chi connectivity index (χ1) is 9.62. The van der Waals surface area contributed by atoms with Gasteiger partial charge in [-0.1, -0.05) is 13.8 Å². The molecule has 0 bridgehead atoms. The van der Waals surface area contributed by atoms with Crippen LogP contribution in [0, 0.1) is 5.41 Å². The molecule has 20 heavy (non-hydrogen) atoms. The number of aliphatic hydroxyl groups excluding tert-OH is 1. The third-order valence-electron chi connectivity index (χ3n) is 3.77. The molecule has 0 saturated heterocycles. The first kappa shape index (κ1) is 16.4. The molecule has 0 spiro atoms. The van der Waals surface area contributed by atoms with Gasteiger partial charge in [-0.15, -0.1) is 0 Å². The van der Waals surface area contributed by atoms with Gasteiger partial charge in [0.1, 0.15) is 11.4 Å². The Bertz CT molecular complexity index is 423. The number of rotatable bonds is 8. The number of hydrogen-bond acceptors (Lipinski definition) is 5. The van der Waals surface area contributed by atoms with Crippen LogP contribution in [0.4, 0.5) is 5.82 Å². The minimum atomic E-state index is -0.384. The van der Waals surface area contributed by atoms with Crippen LogP contribution in [0.15, 0.2) is 18.3 Å². The van der Waals surface area contributed by atoms with Crippen LogP contribution in [0.1, 0.15) is 44.0 Å². The Kier molecular flexibility index (Phi) is 6.45. The van der Waals surface area contributed by atoms with Crippen LogP contribution in [0.2, 0.25) is 0 Å². The number of nitrogens with zero attached hydrogens (tertiary/aromatic N) is 1. The highest BCUT2D eigenvalue weighted by atomic mass is 16.5. The maximum absolute atomic E-state index is 11.8. The Morgan fingerprint density at radius 1 is 1.40 bits per heavy atom. The Morgan fingerprint density at radius 2 is 2.10 bits per heavy atom. The molecule has 0 saturated carbocycles. The molecule has 5 heteroatoms. The van der Waals surface area contributed by atoms with Crippen LogP contribution in [0.25, 0.3) is 0 Å². The van der Waals surface area contributed by atoms with Crippen molar-refractivity contribution in [2.45, 2.75) is 33.6 Å². The van der Waals surface area contributed by atoms with E-state index in [4.69, 9.17) is 4.74 Å². The lowest BCUT2D eigenvalue weighted by Gasteiger charge is -2.30. The number of hydrogen-bond donors (Lipinski definition) is 2. The number of ether oxygens (including phenoxy) is 1. The second-order valence-electron chi connectivity index (χ2n) is 4.84. The van der Waals surface area contributed by atoms with Crippen molar-refractivity contribution in [2.24, 2.45) is 5.41 Å². The summed E-state index contributed by atoms with van der Waals surface area (Å²) in [5.74, 6) is 0.122. The van der Waals surface area contributed by atoms with Crippen LogP contribution in [0.5, 0.6) is 0 Å². The van der Waals surface area contributed by atoms with E-state index in [0.717, 1.165) is 12.8 Å². The SMILES string of the molecule is CCOC(=O)c1cccnc1NCC(CC)(CC)CO. The molecule has 0 aromatic carbocycles. The summed E-state index contributed by atoms with van der Waals surface area (Å²) in [5.41, 5.74) is 0.233. The van der Waals surface area contributed by atoms with E-state index in [0.29, 0.717) is 24.5 Å². The van der Waals surface area contributed by atoms with Crippen molar-refractivity contribution < 1.29 is 14.6 Å². The lowest BCUT2D eigenvalue weighted by Crippen LogP contribution is -2.33. The van der Waals surface area contributed by atoms with Gasteiger partial charge in [-0.05, 0) is 31.9 Å². The van der Waals surface area contributed by atoms with E-state index >= 15 is 0 Å². The van der Waals surface area contributed by atoms with Gasteiger partial charge in [0.05, 0.1) is 13.2 Å². The summed E-state index contributed by atoms with van der Waals surface area (Å²) >= 11 is 0. The second kappa shape index (κ2) is 7.85. The first-order valence-electron chi connectivity index (χ1n) is 7.09. The average Bonchev–Trinajstić information content (AvgIpc) is 2.50. The number of carbonyl (C=O) groups is 1. The standard InChI is InChI=1S/C15H24N2O3/c1-4-15(5-2,11-18)10-17-13-12(8-7-9-16-13)14(19)20-6-3/h7-9,18H,4-6,10-11H2,1-3H3,(H,16,17). The molecular weight excluding hydrogens is 256 g/mol.